The number of hydrogen-bond acceptors (Lipinski definition) is 5. The van der Waals surface area contributed by atoms with E-state index in [1.54, 1.807) is 4.68 Å². The van der Waals surface area contributed by atoms with E-state index in [1.807, 2.05) is 36.4 Å². The summed E-state index contributed by atoms with van der Waals surface area (Å²) in [6, 6.07) is 13.8. The van der Waals surface area contributed by atoms with Gasteiger partial charge in [0, 0.05) is 5.56 Å². The van der Waals surface area contributed by atoms with Crippen molar-refractivity contribution in [2.45, 2.75) is 19.9 Å². The number of H-pyrrole nitrogens is 1. The van der Waals surface area contributed by atoms with Gasteiger partial charge in [-0.3, -0.25) is 4.79 Å². The van der Waals surface area contributed by atoms with E-state index in [4.69, 9.17) is 5.73 Å². The van der Waals surface area contributed by atoms with Crippen molar-refractivity contribution >= 4 is 16.9 Å². The zero-order valence-corrected chi connectivity index (χ0v) is 14.2. The second-order valence-corrected chi connectivity index (χ2v) is 6.08. The van der Waals surface area contributed by atoms with Gasteiger partial charge < -0.3 is 5.73 Å². The third kappa shape index (κ3) is 2.92. The number of benzene rings is 2. The van der Waals surface area contributed by atoms with Crippen molar-refractivity contribution in [2.75, 3.05) is 0 Å². The maximum Gasteiger partial charge on any atom is 0.225 e. The molecule has 1 amide bonds. The first-order chi connectivity index (χ1) is 12.6. The summed E-state index contributed by atoms with van der Waals surface area (Å²) < 4.78 is 1.78. The van der Waals surface area contributed by atoms with Crippen LogP contribution in [0.15, 0.2) is 42.5 Å². The number of amides is 1. The molecule has 130 valence electrons. The summed E-state index contributed by atoms with van der Waals surface area (Å²) in [6.07, 6.45) is -0.0113. The molecular weight excluding hydrogens is 330 g/mol. The Morgan fingerprint density at radius 1 is 1.15 bits per heavy atom. The molecule has 3 N–H and O–H groups in total. The highest BCUT2D eigenvalue weighted by Crippen LogP contribution is 2.25. The Bertz CT molecular complexity index is 1100. The molecule has 0 radical (unpaired) electrons. The number of nitrogens with two attached hydrogens (primary N) is 1. The van der Waals surface area contributed by atoms with Crippen LogP contribution in [0.2, 0.25) is 0 Å². The van der Waals surface area contributed by atoms with Gasteiger partial charge in [0.05, 0.1) is 13.0 Å². The summed E-state index contributed by atoms with van der Waals surface area (Å²) in [6.45, 7) is 2.58. The van der Waals surface area contributed by atoms with Gasteiger partial charge in [0.2, 0.25) is 5.91 Å². The number of aryl methyl sites for hydroxylation is 1. The van der Waals surface area contributed by atoms with Gasteiger partial charge in [0.15, 0.2) is 11.6 Å². The summed E-state index contributed by atoms with van der Waals surface area (Å²) in [5.41, 5.74) is 9.84. The standard InChI is InChI=1S/C18H17N7O/c1-11-5-2-3-6-12(11)10-25-18(20-16(23-25)9-15(19)26)13-7-4-8-14-17(13)22-24-21-14/h2-8H,9-10H2,1H3,(H2,19,26)(H,21,22,24). The summed E-state index contributed by atoms with van der Waals surface area (Å²) in [5.74, 6) is 0.551. The number of aromatic nitrogens is 6. The molecule has 0 saturated heterocycles. The molecular formula is C18H17N7O. The maximum absolute atomic E-state index is 11.3. The number of nitrogens with one attached hydrogen (secondary N) is 1. The monoisotopic (exact) mass is 347 g/mol. The predicted octanol–water partition coefficient (Wildman–Crippen LogP) is 1.60. The normalized spacial score (nSPS) is 11.1. The molecule has 8 nitrogen and oxygen atoms in total. The minimum absolute atomic E-state index is 0.0113. The van der Waals surface area contributed by atoms with Gasteiger partial charge in [0.1, 0.15) is 11.0 Å². The van der Waals surface area contributed by atoms with Crippen LogP contribution in [0.1, 0.15) is 17.0 Å². The molecule has 2 aromatic heterocycles. The Hall–Kier alpha value is -3.55. The van der Waals surface area contributed by atoms with Crippen molar-refractivity contribution in [3.63, 3.8) is 0 Å². The lowest BCUT2D eigenvalue weighted by atomic mass is 10.1. The third-order valence-electron chi connectivity index (χ3n) is 4.22. The van der Waals surface area contributed by atoms with E-state index >= 15 is 0 Å². The van der Waals surface area contributed by atoms with Crippen LogP contribution in [0.25, 0.3) is 22.4 Å². The number of aromatic amines is 1. The summed E-state index contributed by atoms with van der Waals surface area (Å²) in [4.78, 5) is 15.9. The minimum Gasteiger partial charge on any atom is -0.369 e. The summed E-state index contributed by atoms with van der Waals surface area (Å²) in [7, 11) is 0. The lowest BCUT2D eigenvalue weighted by molar-refractivity contribution is -0.117. The Morgan fingerprint density at radius 3 is 2.81 bits per heavy atom. The lowest BCUT2D eigenvalue weighted by Gasteiger charge is -2.08. The maximum atomic E-state index is 11.3. The van der Waals surface area contributed by atoms with Crippen molar-refractivity contribution < 1.29 is 4.79 Å². The predicted molar refractivity (Wildman–Crippen MR) is 96.1 cm³/mol. The second-order valence-electron chi connectivity index (χ2n) is 6.08. The largest absolute Gasteiger partial charge is 0.369 e. The minimum atomic E-state index is -0.468. The number of nitrogens with zero attached hydrogens (tertiary/aromatic N) is 5. The third-order valence-corrected chi connectivity index (χ3v) is 4.22. The lowest BCUT2D eigenvalue weighted by Crippen LogP contribution is -2.15. The van der Waals surface area contributed by atoms with Gasteiger partial charge in [-0.15, -0.1) is 0 Å². The molecule has 8 heteroatoms. The highest BCUT2D eigenvalue weighted by atomic mass is 16.1. The molecule has 0 atom stereocenters. The molecule has 2 aromatic carbocycles. The van der Waals surface area contributed by atoms with Crippen LogP contribution < -0.4 is 5.73 Å². The van der Waals surface area contributed by atoms with Crippen LogP contribution in [-0.4, -0.2) is 36.1 Å². The molecule has 0 unspecified atom stereocenters. The van der Waals surface area contributed by atoms with Crippen molar-refractivity contribution in [3.05, 3.63) is 59.4 Å². The topological polar surface area (TPSA) is 115 Å². The van der Waals surface area contributed by atoms with Crippen LogP contribution in [0.3, 0.4) is 0 Å². The Morgan fingerprint density at radius 2 is 2.00 bits per heavy atom. The first kappa shape index (κ1) is 15.9. The van der Waals surface area contributed by atoms with Crippen LogP contribution >= 0.6 is 0 Å². The van der Waals surface area contributed by atoms with Gasteiger partial charge in [-0.2, -0.15) is 20.5 Å². The van der Waals surface area contributed by atoms with Crippen molar-refractivity contribution in [3.8, 4) is 11.4 Å². The first-order valence-electron chi connectivity index (χ1n) is 8.18. The Kier molecular flexibility index (Phi) is 3.92. The molecule has 4 rings (SSSR count). The number of hydrogen-bond donors (Lipinski definition) is 2. The second kappa shape index (κ2) is 6.40. The zero-order chi connectivity index (χ0) is 18.1. The number of primary amides is 1. The van der Waals surface area contributed by atoms with Gasteiger partial charge in [-0.05, 0) is 30.2 Å². The fourth-order valence-corrected chi connectivity index (χ4v) is 2.93. The summed E-state index contributed by atoms with van der Waals surface area (Å²) in [5, 5.41) is 15.5. The van der Waals surface area contributed by atoms with Crippen LogP contribution in [0.5, 0.6) is 0 Å². The van der Waals surface area contributed by atoms with E-state index < -0.39 is 5.91 Å². The molecule has 0 aliphatic carbocycles. The van der Waals surface area contributed by atoms with Gasteiger partial charge in [-0.1, -0.05) is 30.3 Å². The number of carbonyl (C=O) groups is 1. The molecule has 26 heavy (non-hydrogen) atoms. The van der Waals surface area contributed by atoms with Crippen LogP contribution in [0.4, 0.5) is 0 Å². The van der Waals surface area contributed by atoms with Crippen molar-refractivity contribution in [2.24, 2.45) is 5.73 Å². The highest BCUT2D eigenvalue weighted by Gasteiger charge is 2.18. The van der Waals surface area contributed by atoms with E-state index in [1.165, 1.54) is 0 Å². The van der Waals surface area contributed by atoms with Gasteiger partial charge >= 0.3 is 0 Å². The van der Waals surface area contributed by atoms with E-state index in [9.17, 15) is 4.79 Å². The molecule has 0 aliphatic rings. The van der Waals surface area contributed by atoms with E-state index in [-0.39, 0.29) is 6.42 Å². The average molecular weight is 347 g/mol. The molecule has 0 saturated carbocycles. The van der Waals surface area contributed by atoms with Crippen molar-refractivity contribution in [1.82, 2.24) is 30.2 Å². The molecule has 4 aromatic rings. The molecule has 0 aliphatic heterocycles. The zero-order valence-electron chi connectivity index (χ0n) is 14.2. The number of rotatable bonds is 5. The summed E-state index contributed by atoms with van der Waals surface area (Å²) >= 11 is 0. The number of fused-ring (bicyclic) bond motifs is 1. The highest BCUT2D eigenvalue weighted by molar-refractivity contribution is 5.89. The molecule has 0 fully saturated rings. The first-order valence-corrected chi connectivity index (χ1v) is 8.18. The fraction of sp³-hybridized carbons (Fsp3) is 0.167. The molecule has 0 bridgehead atoms. The van der Waals surface area contributed by atoms with E-state index in [2.05, 4.69) is 38.5 Å². The molecule has 0 spiro atoms. The smallest absolute Gasteiger partial charge is 0.225 e. The Balaban J connectivity index is 1.85. The van der Waals surface area contributed by atoms with E-state index in [0.717, 1.165) is 22.2 Å². The number of carbonyl (C=O) groups excluding carboxylic acids is 1. The van der Waals surface area contributed by atoms with E-state index in [0.29, 0.717) is 23.7 Å². The van der Waals surface area contributed by atoms with Crippen LogP contribution in [0, 0.1) is 6.92 Å². The Labute approximate surface area is 149 Å². The SMILES string of the molecule is Cc1ccccc1Cn1nc(CC(N)=O)nc1-c1cccc2n[nH]nc12. The molecule has 2 heterocycles. The van der Waals surface area contributed by atoms with Crippen LogP contribution in [-0.2, 0) is 17.8 Å². The van der Waals surface area contributed by atoms with Crippen molar-refractivity contribution in [1.29, 1.82) is 0 Å². The van der Waals surface area contributed by atoms with Gasteiger partial charge in [0.25, 0.3) is 0 Å². The quantitative estimate of drug-likeness (QED) is 0.569. The fourth-order valence-electron chi connectivity index (χ4n) is 2.93. The average Bonchev–Trinajstić information content (AvgIpc) is 3.23. The van der Waals surface area contributed by atoms with Gasteiger partial charge in [-0.25, -0.2) is 9.67 Å². The number of para-hydroxylation sites is 1.